The van der Waals surface area contributed by atoms with Gasteiger partial charge in [-0.05, 0) is 0 Å². The summed E-state index contributed by atoms with van der Waals surface area (Å²) in [6.45, 7) is 4.64. The molecule has 0 unspecified atom stereocenters. The molecule has 0 spiro atoms. The van der Waals surface area contributed by atoms with E-state index in [9.17, 15) is 0 Å². The summed E-state index contributed by atoms with van der Waals surface area (Å²) in [6, 6.07) is 25.1. The van der Waals surface area contributed by atoms with Gasteiger partial charge < -0.3 is 0 Å². The van der Waals surface area contributed by atoms with Gasteiger partial charge in [-0.2, -0.15) is 0 Å². The predicted octanol–water partition coefficient (Wildman–Crippen LogP) is 16.2. The molecule has 0 bridgehead atoms. The van der Waals surface area contributed by atoms with Gasteiger partial charge in [-0.25, -0.2) is 0 Å². The molecule has 302 valence electrons. The first-order chi connectivity index (χ1) is 26.5. The third kappa shape index (κ3) is 11.8. The van der Waals surface area contributed by atoms with Crippen LogP contribution in [0.1, 0.15) is 176 Å². The maximum absolute atomic E-state index is 2.76. The van der Waals surface area contributed by atoms with Crippen LogP contribution < -0.4 is 5.79 Å². The van der Waals surface area contributed by atoms with Crippen LogP contribution in [0.25, 0.3) is 9.75 Å². The molecule has 55 heavy (non-hydrogen) atoms. The third-order valence-corrected chi connectivity index (χ3v) is 33.7. The van der Waals surface area contributed by atoms with E-state index in [0.717, 1.165) is 0 Å². The van der Waals surface area contributed by atoms with Crippen LogP contribution in [-0.2, 0) is 18.3 Å². The number of aryl methyl sites for hydroxylation is 2. The van der Waals surface area contributed by atoms with Crippen molar-refractivity contribution in [3.63, 3.8) is 0 Å². The van der Waals surface area contributed by atoms with Gasteiger partial charge in [0, 0.05) is 0 Å². The van der Waals surface area contributed by atoms with Crippen molar-refractivity contribution in [1.82, 2.24) is 0 Å². The minimum absolute atomic E-state index is 0.230. The van der Waals surface area contributed by atoms with Crippen LogP contribution in [0.5, 0.6) is 0 Å². The quantitative estimate of drug-likeness (QED) is 0.0383. The number of fused-ring (bicyclic) bond motifs is 3. The minimum atomic E-state index is -2.37. The van der Waals surface area contributed by atoms with E-state index in [4.69, 9.17) is 0 Å². The number of hydrogen-bond acceptors (Lipinski definition) is 2. The molecule has 2 aromatic heterocycles. The van der Waals surface area contributed by atoms with Crippen LogP contribution in [0.2, 0.25) is 29.6 Å². The number of benzene rings is 2. The molecule has 1 aliphatic carbocycles. The summed E-state index contributed by atoms with van der Waals surface area (Å²) in [5, 5.41) is 0. The third-order valence-electron chi connectivity index (χ3n) is 12.4. The fraction of sp³-hybridized carbons (Fsp3) is 0.608. The van der Waals surface area contributed by atoms with E-state index < -0.39 is 36.8 Å². The molecule has 0 saturated heterocycles. The van der Waals surface area contributed by atoms with Crippen LogP contribution in [0.15, 0.2) is 60.7 Å². The molecule has 4 aromatic rings. The van der Waals surface area contributed by atoms with Gasteiger partial charge in [0.05, 0.1) is 0 Å². The fourth-order valence-electron chi connectivity index (χ4n) is 9.10. The van der Waals surface area contributed by atoms with Crippen LogP contribution in [-0.4, -0.2) is 36.8 Å². The molecule has 0 aliphatic heterocycles. The normalized spacial score (nSPS) is 13.7. The molecular formula is C51H78S2Sn2. The zero-order valence-corrected chi connectivity index (χ0v) is 44.0. The number of thiophene rings is 2. The van der Waals surface area contributed by atoms with Crippen LogP contribution in [0, 0.1) is 0 Å². The van der Waals surface area contributed by atoms with Crippen molar-refractivity contribution in [2.75, 3.05) is 0 Å². The van der Waals surface area contributed by atoms with E-state index in [1.54, 1.807) is 48.9 Å². The molecule has 0 atom stereocenters. The Kier molecular flexibility index (Phi) is 18.3. The van der Waals surface area contributed by atoms with Crippen molar-refractivity contribution in [3.8, 4) is 9.75 Å². The van der Waals surface area contributed by atoms with Crippen LogP contribution in [0.3, 0.4) is 0 Å². The Morgan fingerprint density at radius 1 is 0.400 bits per heavy atom. The summed E-state index contributed by atoms with van der Waals surface area (Å²) in [4.78, 5) is 19.0. The molecule has 2 heterocycles. The molecular weight excluding hydrogens is 914 g/mol. The van der Waals surface area contributed by atoms with E-state index in [2.05, 4.69) is 127 Å². The first-order valence-electron chi connectivity index (χ1n) is 23.0. The van der Waals surface area contributed by atoms with Crippen LogP contribution in [0.4, 0.5) is 0 Å². The SMILES string of the molecule is CCCCCCCCCCCCc1ccccc1C1(c2ccccc2CCCCCCCCCCCC)c2c[c]([Sn]([CH3])([CH3])[CH3])sc2-c2s[c]([Sn]([CH3])([CH3])[CH3])cc21. The van der Waals surface area contributed by atoms with Crippen molar-refractivity contribution >= 4 is 65.2 Å². The number of rotatable bonds is 26. The molecule has 0 radical (unpaired) electrons. The monoisotopic (exact) mass is 994 g/mol. The van der Waals surface area contributed by atoms with Crippen molar-refractivity contribution in [2.45, 2.75) is 190 Å². The molecule has 4 heteroatoms. The summed E-state index contributed by atoms with van der Waals surface area (Å²) in [7, 11) is 0. The summed E-state index contributed by atoms with van der Waals surface area (Å²) in [5.74, 6) is 0. The number of hydrogen-bond donors (Lipinski definition) is 0. The second-order valence-corrected chi connectivity index (χ2v) is 52.1. The molecule has 0 nitrogen and oxygen atoms in total. The summed E-state index contributed by atoms with van der Waals surface area (Å²) in [6.07, 6.45) is 30.2. The van der Waals surface area contributed by atoms with Gasteiger partial charge in [-0.15, -0.1) is 0 Å². The first kappa shape index (κ1) is 45.5. The van der Waals surface area contributed by atoms with E-state index in [1.165, 1.54) is 141 Å². The Balaban J connectivity index is 1.49. The second-order valence-electron chi connectivity index (χ2n) is 19.1. The Hall–Kier alpha value is -0.563. The van der Waals surface area contributed by atoms with Crippen LogP contribution >= 0.6 is 22.7 Å². The zero-order valence-electron chi connectivity index (χ0n) is 36.6. The summed E-state index contributed by atoms with van der Waals surface area (Å²) >= 11 is -0.347. The molecule has 5 rings (SSSR count). The second kappa shape index (κ2) is 22.2. The Morgan fingerprint density at radius 3 is 1.04 bits per heavy atom. The van der Waals surface area contributed by atoms with Gasteiger partial charge in [0.25, 0.3) is 0 Å². The van der Waals surface area contributed by atoms with Gasteiger partial charge in [0.1, 0.15) is 0 Å². The predicted molar refractivity (Wildman–Crippen MR) is 257 cm³/mol. The van der Waals surface area contributed by atoms with E-state index in [0.29, 0.717) is 0 Å². The zero-order chi connectivity index (χ0) is 39.3. The standard InChI is InChI=1S/C45H60S2.6CH3.2Sn/c1-3-5-7-9-11-13-15-17-19-21-27-37-29-23-25-31-39(37)45(41-33-35-46-43(41)44-42(45)34-36-47-44)40-32-26-24-30-38(40)28-22-20-18-16-14-12-10-8-6-4-2;;;;;;;;/h23-26,29-34H,3-22,27-28H2,1-2H3;6*1H3;;. The summed E-state index contributed by atoms with van der Waals surface area (Å²) < 4.78 is 3.48. The molecule has 0 saturated carbocycles. The molecule has 0 N–H and O–H groups in total. The van der Waals surface area contributed by atoms with Gasteiger partial charge in [0.15, 0.2) is 0 Å². The Labute approximate surface area is 355 Å². The average Bonchev–Trinajstić information content (AvgIpc) is 3.86. The van der Waals surface area contributed by atoms with E-state index in [-0.39, 0.29) is 5.41 Å². The maximum atomic E-state index is 2.76. The molecule has 1 aliphatic rings. The average molecular weight is 993 g/mol. The van der Waals surface area contributed by atoms with E-state index in [1.807, 2.05) is 0 Å². The van der Waals surface area contributed by atoms with Crippen molar-refractivity contribution in [2.24, 2.45) is 0 Å². The van der Waals surface area contributed by atoms with Crippen molar-refractivity contribution in [3.05, 3.63) is 94.0 Å². The Morgan fingerprint density at radius 2 is 0.709 bits per heavy atom. The van der Waals surface area contributed by atoms with Gasteiger partial charge >= 0.3 is 281 Å². The molecule has 2 aromatic carbocycles. The van der Waals surface area contributed by atoms with E-state index >= 15 is 0 Å². The molecule has 0 fully saturated rings. The fourth-order valence-corrected chi connectivity index (χ4v) is 22.1. The van der Waals surface area contributed by atoms with Gasteiger partial charge in [0.2, 0.25) is 0 Å². The topological polar surface area (TPSA) is 0 Å². The Bertz CT molecular complexity index is 1600. The summed E-state index contributed by atoms with van der Waals surface area (Å²) in [5.41, 5.74) is 9.38. The number of unbranched alkanes of at least 4 members (excludes halogenated alkanes) is 18. The van der Waals surface area contributed by atoms with Crippen molar-refractivity contribution < 1.29 is 0 Å². The van der Waals surface area contributed by atoms with Crippen molar-refractivity contribution in [1.29, 1.82) is 0 Å². The van der Waals surface area contributed by atoms with Gasteiger partial charge in [-0.3, -0.25) is 0 Å². The first-order valence-corrected chi connectivity index (χ1v) is 44.6. The molecule has 0 amide bonds. The van der Waals surface area contributed by atoms with Gasteiger partial charge in [-0.1, -0.05) is 78.1 Å².